The molecule has 100 valence electrons. The van der Waals surface area contributed by atoms with E-state index in [4.69, 9.17) is 28.3 Å². The van der Waals surface area contributed by atoms with Gasteiger partial charge < -0.3 is 10.4 Å². The van der Waals surface area contributed by atoms with Crippen LogP contribution in [0.5, 0.6) is 0 Å². The lowest BCUT2D eigenvalue weighted by molar-refractivity contribution is 0.187. The van der Waals surface area contributed by atoms with Crippen LogP contribution >= 0.6 is 23.2 Å². The second kappa shape index (κ2) is 5.85. The van der Waals surface area contributed by atoms with E-state index in [1.807, 2.05) is 0 Å². The number of aromatic nitrogens is 4. The molecule has 2 rings (SSSR count). The highest BCUT2D eigenvalue weighted by Crippen LogP contribution is 2.26. The molecule has 1 atom stereocenters. The van der Waals surface area contributed by atoms with Crippen molar-refractivity contribution in [1.29, 1.82) is 0 Å². The normalized spacial score (nSPS) is 12.1. The Balaban J connectivity index is 2.25. The minimum atomic E-state index is -1.16. The molecule has 7 nitrogen and oxygen atoms in total. The van der Waals surface area contributed by atoms with Crippen LogP contribution in [0.25, 0.3) is 0 Å². The minimum Gasteiger partial charge on any atom is -0.465 e. The summed E-state index contributed by atoms with van der Waals surface area (Å²) in [5, 5.41) is 23.1. The number of tetrazole rings is 1. The fourth-order valence-electron chi connectivity index (χ4n) is 1.55. The molecule has 9 heteroatoms. The first-order chi connectivity index (χ1) is 9.06. The van der Waals surface area contributed by atoms with Crippen LogP contribution in [0.2, 0.25) is 10.0 Å². The Morgan fingerprint density at radius 3 is 2.79 bits per heavy atom. The van der Waals surface area contributed by atoms with Crippen LogP contribution in [0.15, 0.2) is 24.5 Å². The number of nitrogens with zero attached hydrogens (tertiary/aromatic N) is 4. The summed E-state index contributed by atoms with van der Waals surface area (Å²) in [6, 6.07) is 4.33. The van der Waals surface area contributed by atoms with Crippen LogP contribution in [0.4, 0.5) is 4.79 Å². The molecule has 0 aliphatic carbocycles. The molecule has 0 spiro atoms. The summed E-state index contributed by atoms with van der Waals surface area (Å²) in [5.74, 6) is 0. The molecule has 1 heterocycles. The zero-order valence-corrected chi connectivity index (χ0v) is 11.0. The van der Waals surface area contributed by atoms with Gasteiger partial charge in [0.05, 0.1) is 22.6 Å². The summed E-state index contributed by atoms with van der Waals surface area (Å²) in [4.78, 5) is 12.1. The van der Waals surface area contributed by atoms with Crippen LogP contribution in [0.3, 0.4) is 0 Å². The van der Waals surface area contributed by atoms with Crippen LogP contribution in [-0.2, 0) is 6.54 Å². The first-order valence-electron chi connectivity index (χ1n) is 5.21. The predicted molar refractivity (Wildman–Crippen MR) is 68.2 cm³/mol. The van der Waals surface area contributed by atoms with Crippen molar-refractivity contribution in [3.8, 4) is 0 Å². The highest BCUT2D eigenvalue weighted by molar-refractivity contribution is 6.42. The Hall–Kier alpha value is -1.86. The van der Waals surface area contributed by atoms with Gasteiger partial charge in [-0.15, -0.1) is 10.2 Å². The van der Waals surface area contributed by atoms with Gasteiger partial charge in [0.25, 0.3) is 0 Å². The van der Waals surface area contributed by atoms with Gasteiger partial charge in [-0.25, -0.2) is 4.79 Å². The largest absolute Gasteiger partial charge is 0.465 e. The fourth-order valence-corrected chi connectivity index (χ4v) is 1.85. The molecule has 0 aliphatic heterocycles. The van der Waals surface area contributed by atoms with Gasteiger partial charge in [0.2, 0.25) is 0 Å². The van der Waals surface area contributed by atoms with Gasteiger partial charge in [-0.2, -0.15) is 4.80 Å². The number of benzene rings is 1. The molecular weight excluding hydrogens is 293 g/mol. The summed E-state index contributed by atoms with van der Waals surface area (Å²) in [6.07, 6.45) is 0.114. The van der Waals surface area contributed by atoms with E-state index < -0.39 is 12.1 Å². The van der Waals surface area contributed by atoms with E-state index in [0.29, 0.717) is 15.6 Å². The average molecular weight is 302 g/mol. The van der Waals surface area contributed by atoms with Crippen molar-refractivity contribution in [3.63, 3.8) is 0 Å². The molecule has 0 bridgehead atoms. The van der Waals surface area contributed by atoms with E-state index in [1.165, 1.54) is 11.1 Å². The number of halogens is 2. The van der Waals surface area contributed by atoms with Gasteiger partial charge in [0, 0.05) is 0 Å². The van der Waals surface area contributed by atoms with E-state index in [2.05, 4.69) is 20.7 Å². The Morgan fingerprint density at radius 1 is 1.42 bits per heavy atom. The second-order valence-corrected chi connectivity index (χ2v) is 4.48. The fraction of sp³-hybridized carbons (Fsp3) is 0.200. The van der Waals surface area contributed by atoms with E-state index in [0.717, 1.165) is 0 Å². The molecule has 0 saturated heterocycles. The van der Waals surface area contributed by atoms with Gasteiger partial charge >= 0.3 is 6.09 Å². The van der Waals surface area contributed by atoms with Crippen LogP contribution < -0.4 is 5.32 Å². The summed E-state index contributed by atoms with van der Waals surface area (Å²) >= 11 is 11.7. The Kier molecular flexibility index (Phi) is 4.18. The lowest BCUT2D eigenvalue weighted by atomic mass is 10.1. The molecule has 1 aromatic heterocycles. The van der Waals surface area contributed by atoms with Gasteiger partial charge in [-0.1, -0.05) is 29.3 Å². The smallest absolute Gasteiger partial charge is 0.405 e. The molecule has 19 heavy (non-hydrogen) atoms. The second-order valence-electron chi connectivity index (χ2n) is 3.67. The van der Waals surface area contributed by atoms with E-state index in [1.54, 1.807) is 18.2 Å². The molecule has 0 radical (unpaired) electrons. The number of carbonyl (C=O) groups is 1. The first-order valence-corrected chi connectivity index (χ1v) is 5.97. The molecule has 0 unspecified atom stereocenters. The lowest BCUT2D eigenvalue weighted by Gasteiger charge is -2.16. The molecule has 2 N–H and O–H groups in total. The third-order valence-corrected chi connectivity index (χ3v) is 3.12. The van der Waals surface area contributed by atoms with Crippen LogP contribution in [0.1, 0.15) is 11.6 Å². The highest BCUT2D eigenvalue weighted by Gasteiger charge is 2.17. The maximum Gasteiger partial charge on any atom is 0.405 e. The van der Waals surface area contributed by atoms with Crippen molar-refractivity contribution in [2.75, 3.05) is 0 Å². The van der Waals surface area contributed by atoms with Crippen molar-refractivity contribution in [3.05, 3.63) is 40.1 Å². The minimum absolute atomic E-state index is 0.199. The number of rotatable bonds is 4. The van der Waals surface area contributed by atoms with Crippen LogP contribution in [-0.4, -0.2) is 31.4 Å². The third kappa shape index (κ3) is 3.55. The van der Waals surface area contributed by atoms with Crippen molar-refractivity contribution in [1.82, 2.24) is 25.5 Å². The molecule has 1 amide bonds. The predicted octanol–water partition coefficient (Wildman–Crippen LogP) is 1.99. The third-order valence-electron chi connectivity index (χ3n) is 2.38. The molecular formula is C10H9Cl2N5O2. The van der Waals surface area contributed by atoms with Gasteiger partial charge in [0.1, 0.15) is 0 Å². The number of hydrogen-bond acceptors (Lipinski definition) is 4. The lowest BCUT2D eigenvalue weighted by Crippen LogP contribution is -2.30. The molecule has 2 aromatic rings. The number of nitrogens with one attached hydrogen (secondary N) is 1. The summed E-state index contributed by atoms with van der Waals surface area (Å²) in [6.45, 7) is 0.199. The Bertz CT molecular complexity index is 575. The summed E-state index contributed by atoms with van der Waals surface area (Å²) in [7, 11) is 0. The molecule has 0 saturated carbocycles. The standard InChI is InChI=1S/C10H9Cl2N5O2/c11-7-2-1-6(3-8(7)12)9(15-10(18)19)4-17-14-5-13-16-17/h1-3,5,9,15H,4H2,(H,18,19)/t9-/m0/s1. The quantitative estimate of drug-likeness (QED) is 0.901. The highest BCUT2D eigenvalue weighted by atomic mass is 35.5. The Morgan fingerprint density at radius 2 is 2.21 bits per heavy atom. The topological polar surface area (TPSA) is 92.9 Å². The van der Waals surface area contributed by atoms with Crippen LogP contribution in [0, 0.1) is 0 Å². The molecule has 0 aliphatic rings. The maximum atomic E-state index is 10.8. The monoisotopic (exact) mass is 301 g/mol. The summed E-state index contributed by atoms with van der Waals surface area (Å²) in [5.41, 5.74) is 0.661. The first kappa shape index (κ1) is 13.6. The zero-order valence-electron chi connectivity index (χ0n) is 9.49. The van der Waals surface area contributed by atoms with E-state index in [9.17, 15) is 4.79 Å². The number of amides is 1. The van der Waals surface area contributed by atoms with Gasteiger partial charge in [0.15, 0.2) is 6.33 Å². The zero-order chi connectivity index (χ0) is 13.8. The molecule has 0 fully saturated rings. The maximum absolute atomic E-state index is 10.8. The van der Waals surface area contributed by atoms with Gasteiger partial charge in [-0.3, -0.25) is 0 Å². The van der Waals surface area contributed by atoms with Crippen molar-refractivity contribution in [2.45, 2.75) is 12.6 Å². The molecule has 1 aromatic carbocycles. The van der Waals surface area contributed by atoms with Crippen molar-refractivity contribution >= 4 is 29.3 Å². The van der Waals surface area contributed by atoms with Crippen molar-refractivity contribution in [2.24, 2.45) is 0 Å². The average Bonchev–Trinajstić information content (AvgIpc) is 2.84. The van der Waals surface area contributed by atoms with E-state index >= 15 is 0 Å². The summed E-state index contributed by atoms with van der Waals surface area (Å²) < 4.78 is 0. The number of hydrogen-bond donors (Lipinski definition) is 2. The Labute approximate surface area is 118 Å². The van der Waals surface area contributed by atoms with Gasteiger partial charge in [-0.05, 0) is 22.9 Å². The van der Waals surface area contributed by atoms with E-state index in [-0.39, 0.29) is 6.54 Å². The van der Waals surface area contributed by atoms with Crippen molar-refractivity contribution < 1.29 is 9.90 Å². The SMILES string of the molecule is O=C(O)N[C@@H](Cn1ncnn1)c1ccc(Cl)c(Cl)c1. The number of carboxylic acid groups (broad SMARTS) is 1.